The normalized spacial score (nSPS) is 13.3. The van der Waals surface area contributed by atoms with Gasteiger partial charge in [0.05, 0.1) is 44.5 Å². The third-order valence-electron chi connectivity index (χ3n) is 11.6. The van der Waals surface area contributed by atoms with Crippen molar-refractivity contribution in [2.45, 2.75) is 0 Å². The number of carboxylic acids is 1. The number of hydrogen-bond acceptors (Lipinski definition) is 14. The number of methoxy groups -OCH3 is 1. The lowest BCUT2D eigenvalue weighted by atomic mass is 10.1. The zero-order chi connectivity index (χ0) is 51.8. The molecule has 4 aromatic carbocycles. The van der Waals surface area contributed by atoms with Gasteiger partial charge in [0.2, 0.25) is 0 Å². The van der Waals surface area contributed by atoms with Crippen LogP contribution < -0.4 is 38.6 Å². The molecule has 0 atom stereocenters. The lowest BCUT2D eigenvalue weighted by molar-refractivity contribution is 0.0603. The number of benzene rings is 4. The molecule has 0 unspecified atom stereocenters. The number of hydrogen-bond donors (Lipinski definition) is 8. The number of anilines is 2. The average molecular weight is 1030 g/mol. The number of ether oxygens (including phenoxy) is 1. The van der Waals surface area contributed by atoms with E-state index in [2.05, 4.69) is 30.6 Å². The number of nitrogen functional groups attached to an aromatic ring is 1. The van der Waals surface area contributed by atoms with Crippen LogP contribution in [0.5, 0.6) is 0 Å². The van der Waals surface area contributed by atoms with Gasteiger partial charge in [0, 0.05) is 79.1 Å². The van der Waals surface area contributed by atoms with Crippen LogP contribution in [0.2, 0.25) is 0 Å². The molecular weight excluding hydrogens is 981 g/mol. The van der Waals surface area contributed by atoms with Gasteiger partial charge in [-0.05, 0) is 96.1 Å². The van der Waals surface area contributed by atoms with Gasteiger partial charge >= 0.3 is 34.3 Å². The summed E-state index contributed by atoms with van der Waals surface area (Å²) in [5.74, 6) is -1.41. The van der Waals surface area contributed by atoms with Gasteiger partial charge in [-0.15, -0.1) is 22.7 Å². The Labute approximate surface area is 420 Å². The summed E-state index contributed by atoms with van der Waals surface area (Å²) in [6.07, 6.45) is -0.345. The number of nitrogens with one attached hydrogen (secondary N) is 6. The summed E-state index contributed by atoms with van der Waals surface area (Å²) >= 11 is 2.88. The highest BCUT2D eigenvalue weighted by Gasteiger charge is 2.26. The highest BCUT2D eigenvalue weighted by atomic mass is 32.1. The van der Waals surface area contributed by atoms with Crippen LogP contribution in [-0.2, 0) is 4.74 Å². The van der Waals surface area contributed by atoms with E-state index in [9.17, 15) is 43.2 Å². The minimum absolute atomic E-state index is 0.000307. The Bertz CT molecular complexity index is 3640. The van der Waals surface area contributed by atoms with E-state index in [4.69, 9.17) is 15.6 Å². The van der Waals surface area contributed by atoms with Crippen molar-refractivity contribution in [1.29, 1.82) is 0 Å². The number of carbonyl (C=O) groups is 5. The summed E-state index contributed by atoms with van der Waals surface area (Å²) in [5.41, 5.74) is 7.81. The Morgan fingerprint density at radius 2 is 1.04 bits per heavy atom. The summed E-state index contributed by atoms with van der Waals surface area (Å²) in [4.78, 5) is 123. The number of nitrogens with two attached hydrogens (primary N) is 1. The summed E-state index contributed by atoms with van der Waals surface area (Å²) in [5, 5.41) is 14.8. The third-order valence-corrected chi connectivity index (χ3v) is 13.8. The molecule has 0 spiro atoms. The van der Waals surface area contributed by atoms with Crippen molar-refractivity contribution in [2.24, 2.45) is 0 Å². The molecule has 8 aromatic rings. The van der Waals surface area contributed by atoms with Gasteiger partial charge in [0.15, 0.2) is 0 Å². The first-order valence-corrected chi connectivity index (χ1v) is 24.1. The van der Waals surface area contributed by atoms with E-state index in [1.807, 2.05) is 71.6 Å². The molecule has 0 bridgehead atoms. The predicted octanol–water partition coefficient (Wildman–Crippen LogP) is 4.68. The van der Waals surface area contributed by atoms with Crippen molar-refractivity contribution in [2.75, 3.05) is 70.5 Å². The highest BCUT2D eigenvalue weighted by Crippen LogP contribution is 2.32. The van der Waals surface area contributed by atoms with E-state index in [0.717, 1.165) is 34.0 Å². The van der Waals surface area contributed by atoms with Crippen molar-refractivity contribution in [3.05, 3.63) is 171 Å². The fourth-order valence-corrected chi connectivity index (χ4v) is 9.71. The van der Waals surface area contributed by atoms with E-state index < -0.39 is 28.2 Å². The van der Waals surface area contributed by atoms with Crippen molar-refractivity contribution in [3.8, 4) is 20.9 Å². The molecule has 10 rings (SSSR count). The maximum Gasteiger partial charge on any atom is 0.409 e. The smallest absolute Gasteiger partial charge is 0.409 e. The van der Waals surface area contributed by atoms with Crippen LogP contribution >= 0.6 is 22.7 Å². The molecule has 4 amide bonds. The number of carboxylic acid groups (broad SMARTS) is 1. The summed E-state index contributed by atoms with van der Waals surface area (Å²) in [6, 6.07) is 31.3. The minimum Gasteiger partial charge on any atom is -0.478 e. The largest absolute Gasteiger partial charge is 0.478 e. The maximum absolute atomic E-state index is 12.8. The van der Waals surface area contributed by atoms with E-state index >= 15 is 0 Å². The molecule has 6 heterocycles. The van der Waals surface area contributed by atoms with Gasteiger partial charge in [0.25, 0.3) is 17.7 Å². The lowest BCUT2D eigenvalue weighted by Gasteiger charge is -2.33. The van der Waals surface area contributed by atoms with Gasteiger partial charge in [-0.3, -0.25) is 33.6 Å². The zero-order valence-electron chi connectivity index (χ0n) is 38.8. The van der Waals surface area contributed by atoms with Crippen molar-refractivity contribution < 1.29 is 33.8 Å². The quantitative estimate of drug-likeness (QED) is 0.0796. The minimum atomic E-state index is -1.09. The van der Waals surface area contributed by atoms with Crippen LogP contribution in [0, 0.1) is 0 Å². The fourth-order valence-electron chi connectivity index (χ4n) is 7.77. The molecule has 2 aliphatic heterocycles. The van der Waals surface area contributed by atoms with Gasteiger partial charge in [0.1, 0.15) is 0 Å². The third kappa shape index (κ3) is 12.2. The van der Waals surface area contributed by atoms with Gasteiger partial charge in [-0.2, -0.15) is 0 Å². The van der Waals surface area contributed by atoms with Crippen LogP contribution in [0.1, 0.15) is 40.1 Å². The molecule has 4 aromatic heterocycles. The Kier molecular flexibility index (Phi) is 15.5. The van der Waals surface area contributed by atoms with Crippen LogP contribution in [0.25, 0.3) is 42.9 Å². The number of nitrogens with zero attached hydrogens (tertiary/aromatic N) is 3. The number of carbonyl (C=O) groups excluding carboxylic acids is 4. The molecule has 2 saturated heterocycles. The van der Waals surface area contributed by atoms with Crippen LogP contribution in [0.15, 0.2) is 128 Å². The van der Waals surface area contributed by atoms with Gasteiger partial charge in [-0.25, -0.2) is 9.59 Å². The van der Waals surface area contributed by atoms with Crippen LogP contribution in [0.3, 0.4) is 0 Å². The Balaban J connectivity index is 0.000000158. The molecule has 374 valence electrons. The summed E-state index contributed by atoms with van der Waals surface area (Å²) in [6.45, 7) is 5.02. The van der Waals surface area contributed by atoms with Crippen LogP contribution in [-0.4, -0.2) is 129 Å². The molecule has 2 aliphatic rings. The van der Waals surface area contributed by atoms with E-state index in [-0.39, 0.29) is 29.4 Å². The first-order chi connectivity index (χ1) is 35.1. The first kappa shape index (κ1) is 50.5. The Hall–Kier alpha value is -8.93. The molecular formula is C50H46N10O11S2. The zero-order valence-corrected chi connectivity index (χ0v) is 40.4. The van der Waals surface area contributed by atoms with Crippen molar-refractivity contribution >= 4 is 85.9 Å². The van der Waals surface area contributed by atoms with Crippen molar-refractivity contribution in [3.63, 3.8) is 0 Å². The fraction of sp³-hybridized carbons (Fsp3) is 0.180. The molecule has 0 aliphatic carbocycles. The van der Waals surface area contributed by atoms with Crippen molar-refractivity contribution in [1.82, 2.24) is 40.0 Å². The second-order valence-corrected chi connectivity index (χ2v) is 18.6. The number of aromatic nitrogens is 4. The molecule has 2 fully saturated rings. The summed E-state index contributed by atoms with van der Waals surface area (Å²) in [7, 11) is 1.36. The van der Waals surface area contributed by atoms with E-state index in [0.29, 0.717) is 88.0 Å². The predicted molar refractivity (Wildman–Crippen MR) is 278 cm³/mol. The number of piperazine rings is 2. The number of aromatic carboxylic acids is 1. The van der Waals surface area contributed by atoms with Crippen LogP contribution in [0.4, 0.5) is 16.2 Å². The number of fused-ring (bicyclic) bond motifs is 2. The molecule has 0 radical (unpaired) electrons. The second kappa shape index (κ2) is 22.4. The van der Waals surface area contributed by atoms with Gasteiger partial charge < -0.3 is 60.8 Å². The highest BCUT2D eigenvalue weighted by molar-refractivity contribution is 7.17. The number of aromatic amines is 4. The molecule has 23 heteroatoms. The number of rotatable bonds is 7. The standard InChI is InChI=1S/C24H21N5O4S.C17H19N3O3S.C9H6N2O4/c30-21(15-4-5-17-18(13-15)28-23(32)22(31)27-17)26-16-3-1-2-14(12-16)19-6-7-20(34-19)24(33)29-10-8-25-9-11-29;1-23-17(22)20-9-7-19(8-10-20)16(21)15-6-5-14(24-15)12-3-2-4-13(18)11-12;12-7-8(13)11-6-3-4(9(14)15)1-2-5(6)10-7/h1-7,12-13,25H,8-11H2,(H,26,30)(H,27,31)(H,28,32);2-6,11H,7-10,18H2,1H3;1-3H,(H,10,12)(H,11,13)(H,14,15). The Morgan fingerprint density at radius 1 is 0.562 bits per heavy atom. The second-order valence-electron chi connectivity index (χ2n) is 16.4. The average Bonchev–Trinajstić information content (AvgIpc) is 4.11. The molecule has 9 N–H and O–H groups in total. The van der Waals surface area contributed by atoms with E-state index in [1.165, 1.54) is 54.0 Å². The number of amides is 4. The maximum atomic E-state index is 12.8. The molecule has 21 nitrogen and oxygen atoms in total. The van der Waals surface area contributed by atoms with E-state index in [1.54, 1.807) is 28.0 Å². The number of thiophene rings is 2. The molecule has 0 saturated carbocycles. The SMILES string of the molecule is COC(=O)N1CCN(C(=O)c2ccc(-c3cccc(N)c3)s2)CC1.O=C(Nc1cccc(-c2ccc(C(=O)N3CCNCC3)s2)c1)c1ccc2[nH]c(=O)c(=O)[nH]c2c1.O=C(O)c1ccc2[nH]c(=O)c(=O)[nH]c2c1. The number of H-pyrrole nitrogens is 4. The monoisotopic (exact) mass is 1030 g/mol. The summed E-state index contributed by atoms with van der Waals surface area (Å²) < 4.78 is 4.71. The Morgan fingerprint density at radius 3 is 1.58 bits per heavy atom. The first-order valence-electron chi connectivity index (χ1n) is 22.5. The lowest BCUT2D eigenvalue weighted by Crippen LogP contribution is -2.50. The van der Waals surface area contributed by atoms with Gasteiger partial charge in [-0.1, -0.05) is 24.3 Å². The molecule has 73 heavy (non-hydrogen) atoms. The topological polar surface area (TPSA) is 306 Å².